The highest BCUT2D eigenvalue weighted by Crippen LogP contribution is 2.46. The van der Waals surface area contributed by atoms with Crippen molar-refractivity contribution in [1.82, 2.24) is 24.8 Å². The van der Waals surface area contributed by atoms with E-state index in [1.807, 2.05) is 67.3 Å². The molecule has 2 aliphatic heterocycles. The number of halogens is 2. The van der Waals surface area contributed by atoms with E-state index in [0.717, 1.165) is 15.4 Å². The Morgan fingerprint density at radius 1 is 0.915 bits per heavy atom. The van der Waals surface area contributed by atoms with Gasteiger partial charge in [0.2, 0.25) is 0 Å². The summed E-state index contributed by atoms with van der Waals surface area (Å²) in [6.07, 6.45) is 0.320. The number of rotatable bonds is 10. The fourth-order valence-electron chi connectivity index (χ4n) is 7.41. The van der Waals surface area contributed by atoms with Gasteiger partial charge in [-0.15, -0.1) is 4.40 Å². The largest absolute Gasteiger partial charge is 0.497 e. The first-order valence-corrected chi connectivity index (χ1v) is 20.7. The Hall–Kier alpha value is -6.00. The second-order valence-corrected chi connectivity index (χ2v) is 16.6. The Morgan fingerprint density at radius 3 is 2.08 bits per heavy atom. The maximum Gasteiger partial charge on any atom is 0.407 e. The number of carboxylic acid groups (broad SMARTS) is 1. The van der Waals surface area contributed by atoms with Crippen LogP contribution < -0.4 is 18.7 Å². The Balaban J connectivity index is 1.47. The van der Waals surface area contributed by atoms with Crippen LogP contribution in [0.3, 0.4) is 0 Å². The van der Waals surface area contributed by atoms with E-state index in [1.54, 1.807) is 39.0 Å². The molecule has 2 aromatic heterocycles. The molecule has 0 aliphatic carbocycles. The maximum atomic E-state index is 15.5. The van der Waals surface area contributed by atoms with Gasteiger partial charge < -0.3 is 29.3 Å². The number of piperazine rings is 1. The van der Waals surface area contributed by atoms with Crippen LogP contribution in [0, 0.1) is 5.82 Å². The van der Waals surface area contributed by atoms with Crippen molar-refractivity contribution in [3.05, 3.63) is 118 Å². The summed E-state index contributed by atoms with van der Waals surface area (Å²) in [5.74, 6) is 0.623. The molecule has 1 amide bonds. The van der Waals surface area contributed by atoms with E-state index in [1.165, 1.54) is 35.5 Å². The fourth-order valence-corrected chi connectivity index (χ4v) is 8.93. The average Bonchev–Trinajstić information content (AvgIpc) is 3.21. The zero-order chi connectivity index (χ0) is 42.2. The summed E-state index contributed by atoms with van der Waals surface area (Å²) < 4.78 is 62.1. The van der Waals surface area contributed by atoms with Crippen molar-refractivity contribution in [3.8, 4) is 22.8 Å². The van der Waals surface area contributed by atoms with Crippen molar-refractivity contribution in [3.63, 3.8) is 0 Å². The molecule has 308 valence electrons. The number of hydrogen-bond acceptors (Lipinski definition) is 10. The van der Waals surface area contributed by atoms with Crippen molar-refractivity contribution in [1.29, 1.82) is 0 Å². The second-order valence-electron chi connectivity index (χ2n) is 14.8. The summed E-state index contributed by atoms with van der Waals surface area (Å²) in [4.78, 5) is 31.4. The lowest BCUT2D eigenvalue weighted by atomic mass is 10.0. The molecular weight excluding hydrogens is 799 g/mol. The van der Waals surface area contributed by atoms with Gasteiger partial charge in [-0.1, -0.05) is 61.8 Å². The summed E-state index contributed by atoms with van der Waals surface area (Å²) in [7, 11) is -1.57. The molecule has 3 aromatic carbocycles. The summed E-state index contributed by atoms with van der Waals surface area (Å²) in [5, 5.41) is 9.94. The number of benzene rings is 3. The number of anilines is 3. The van der Waals surface area contributed by atoms with Gasteiger partial charge in [-0.3, -0.25) is 0 Å². The first-order chi connectivity index (χ1) is 28.2. The molecule has 0 bridgehead atoms. The number of methoxy groups -OCH3 is 2. The number of fused-ring (bicyclic) bond motifs is 1. The lowest BCUT2D eigenvalue weighted by molar-refractivity contribution is 0.0751. The number of ether oxygens (including phenoxy) is 2. The van der Waals surface area contributed by atoms with Gasteiger partial charge in [0.15, 0.2) is 17.5 Å². The molecular formula is C42H44ClFN8O6S. The highest BCUT2D eigenvalue weighted by atomic mass is 35.5. The van der Waals surface area contributed by atoms with Gasteiger partial charge in [0.25, 0.3) is 0 Å². The smallest absolute Gasteiger partial charge is 0.407 e. The van der Waals surface area contributed by atoms with E-state index < -0.39 is 34.2 Å². The van der Waals surface area contributed by atoms with Gasteiger partial charge in [0, 0.05) is 43.8 Å². The molecule has 14 nitrogen and oxygen atoms in total. The number of carbonyl (C=O) groups is 1. The number of aromatic nitrogens is 3. The molecule has 4 heterocycles. The highest BCUT2D eigenvalue weighted by molar-refractivity contribution is 7.92. The quantitative estimate of drug-likeness (QED) is 0.146. The monoisotopic (exact) mass is 842 g/mol. The van der Waals surface area contributed by atoms with E-state index in [-0.39, 0.29) is 77.1 Å². The van der Waals surface area contributed by atoms with Crippen LogP contribution in [0.15, 0.2) is 89.6 Å². The lowest BCUT2D eigenvalue weighted by Gasteiger charge is -2.45. The Kier molecular flexibility index (Phi) is 11.7. The zero-order valence-electron chi connectivity index (χ0n) is 33.4. The van der Waals surface area contributed by atoms with Crippen molar-refractivity contribution in [2.45, 2.75) is 58.8 Å². The molecule has 0 spiro atoms. The molecule has 5 aromatic rings. The van der Waals surface area contributed by atoms with Crippen molar-refractivity contribution < 1.29 is 32.2 Å². The lowest BCUT2D eigenvalue weighted by Crippen LogP contribution is -2.60. The Bertz CT molecular complexity index is 2460. The van der Waals surface area contributed by atoms with Crippen LogP contribution in [0.2, 0.25) is 5.02 Å². The third-order valence-corrected chi connectivity index (χ3v) is 11.9. The molecule has 2 unspecified atom stereocenters. The summed E-state index contributed by atoms with van der Waals surface area (Å²) in [6.45, 7) is 8.10. The molecule has 0 radical (unpaired) electrons. The number of nitrogens with zero attached hydrogens (tertiary/aromatic N) is 8. The van der Waals surface area contributed by atoms with Gasteiger partial charge in [-0.05, 0) is 73.4 Å². The SMILES string of the molecule is COc1ccc(CN(Cc2ccc(OC)cc2)c2ncnc(C(C)C)c2N2c3nc(-c4ccccc4F)c(Cl)cc3C(N3CC(C)N(C(=O)O)CC3C)=NS2(=O)=O)cc1. The predicted molar refractivity (Wildman–Crippen MR) is 225 cm³/mol. The van der Waals surface area contributed by atoms with E-state index in [9.17, 15) is 9.90 Å². The standard InChI is InChI=1S/C42H44ClFN8O6S/c1-25(2)36-38(41(46-24-45-36)49(22-28-11-15-30(57-5)16-12-28)23-29-13-17-31(58-6)18-14-29)52-39-33(19-34(43)37(47-39)32-9-7-8-10-35(32)44)40(48-59(52,55)56)50-20-27(4)51(42(53)54)21-26(50)3/h7-19,24-27H,20-23H2,1-6H3,(H,53,54). The van der Waals surface area contributed by atoms with Crippen molar-refractivity contribution in [2.75, 3.05) is 36.5 Å². The fraction of sp³-hybridized carbons (Fsp3) is 0.310. The van der Waals surface area contributed by atoms with Crippen LogP contribution in [0.5, 0.6) is 11.5 Å². The number of pyridine rings is 1. The molecule has 7 rings (SSSR count). The summed E-state index contributed by atoms with van der Waals surface area (Å²) in [6, 6.07) is 21.6. The first kappa shape index (κ1) is 41.2. The van der Waals surface area contributed by atoms with E-state index in [2.05, 4.69) is 9.38 Å². The molecule has 2 atom stereocenters. The van der Waals surface area contributed by atoms with E-state index >= 15 is 12.8 Å². The second kappa shape index (κ2) is 16.7. The number of amidine groups is 1. The van der Waals surface area contributed by atoms with E-state index in [0.29, 0.717) is 17.2 Å². The zero-order valence-corrected chi connectivity index (χ0v) is 34.9. The summed E-state index contributed by atoms with van der Waals surface area (Å²) >= 11 is 6.95. The van der Waals surface area contributed by atoms with Gasteiger partial charge in [0.05, 0.1) is 36.2 Å². The Labute approximate surface area is 347 Å². The van der Waals surface area contributed by atoms with Gasteiger partial charge in [0.1, 0.15) is 29.3 Å². The molecule has 17 heteroatoms. The van der Waals surface area contributed by atoms with Crippen LogP contribution >= 0.6 is 11.6 Å². The van der Waals surface area contributed by atoms with Crippen molar-refractivity contribution in [2.24, 2.45) is 4.40 Å². The molecule has 59 heavy (non-hydrogen) atoms. The van der Waals surface area contributed by atoms with E-state index in [4.69, 9.17) is 31.0 Å². The normalized spacial score (nSPS) is 17.4. The van der Waals surface area contributed by atoms with Crippen LogP contribution in [-0.4, -0.2) is 89.6 Å². The minimum atomic E-state index is -4.75. The van der Waals surface area contributed by atoms with Crippen LogP contribution in [0.25, 0.3) is 11.3 Å². The minimum Gasteiger partial charge on any atom is -0.497 e. The third kappa shape index (κ3) is 8.19. The molecule has 1 fully saturated rings. The molecule has 2 aliphatic rings. The highest BCUT2D eigenvalue weighted by Gasteiger charge is 2.44. The average molecular weight is 843 g/mol. The van der Waals surface area contributed by atoms with Gasteiger partial charge in [-0.25, -0.2) is 24.1 Å². The number of amides is 1. The molecule has 0 saturated carbocycles. The molecule has 1 N–H and O–H groups in total. The van der Waals surface area contributed by atoms with Crippen LogP contribution in [-0.2, 0) is 23.3 Å². The Morgan fingerprint density at radius 2 is 1.53 bits per heavy atom. The topological polar surface area (TPSA) is 154 Å². The maximum absolute atomic E-state index is 15.5. The van der Waals surface area contributed by atoms with Crippen LogP contribution in [0.4, 0.5) is 26.5 Å². The van der Waals surface area contributed by atoms with Crippen molar-refractivity contribution >= 4 is 51.1 Å². The molecule has 1 saturated heterocycles. The first-order valence-electron chi connectivity index (χ1n) is 18.9. The predicted octanol–water partition coefficient (Wildman–Crippen LogP) is 7.89. The number of hydrogen-bond donors (Lipinski definition) is 1. The minimum absolute atomic E-state index is 0.0138. The van der Waals surface area contributed by atoms with Gasteiger partial charge in [-0.2, -0.15) is 12.7 Å². The third-order valence-electron chi connectivity index (χ3n) is 10.4. The van der Waals surface area contributed by atoms with Crippen LogP contribution in [0.1, 0.15) is 56.0 Å². The summed E-state index contributed by atoms with van der Waals surface area (Å²) in [5.41, 5.74) is 2.58. The van der Waals surface area contributed by atoms with Gasteiger partial charge >= 0.3 is 16.3 Å².